The Kier molecular flexibility index (Phi) is 8.88. The highest BCUT2D eigenvalue weighted by atomic mass is 79.9. The molecule has 3 aromatic carbocycles. The minimum atomic E-state index is -0.741. The molecule has 1 aliphatic heterocycles. The number of rotatable bonds is 9. The zero-order chi connectivity index (χ0) is 30.7. The van der Waals surface area contributed by atoms with Gasteiger partial charge in [-0.15, -0.1) is 0 Å². The molecule has 0 saturated carbocycles. The number of aromatic nitrogens is 1. The Morgan fingerprint density at radius 2 is 1.86 bits per heavy atom. The predicted octanol–water partition coefficient (Wildman–Crippen LogP) is 5.06. The van der Waals surface area contributed by atoms with Crippen LogP contribution in [-0.4, -0.2) is 29.2 Å². The van der Waals surface area contributed by atoms with Crippen LogP contribution in [0.25, 0.3) is 6.08 Å². The van der Waals surface area contributed by atoms with E-state index in [2.05, 4.69) is 20.9 Å². The number of allylic oxidation sites excluding steroid dienone is 1. The quantitative estimate of drug-likeness (QED) is 0.139. The van der Waals surface area contributed by atoms with Crippen LogP contribution in [0.4, 0.5) is 5.69 Å². The lowest BCUT2D eigenvalue weighted by molar-refractivity contribution is -0.384. The molecule has 1 unspecified atom stereocenters. The summed E-state index contributed by atoms with van der Waals surface area (Å²) in [5.41, 5.74) is 2.80. The second-order valence-electron chi connectivity index (χ2n) is 9.48. The fourth-order valence-electron chi connectivity index (χ4n) is 4.65. The number of hydrogen-bond donors (Lipinski definition) is 0. The van der Waals surface area contributed by atoms with Gasteiger partial charge < -0.3 is 14.2 Å². The number of hydrogen-bond acceptors (Lipinski definition) is 9. The van der Waals surface area contributed by atoms with Crippen LogP contribution in [0.15, 0.2) is 92.3 Å². The average molecular weight is 665 g/mol. The van der Waals surface area contributed by atoms with E-state index in [1.807, 2.05) is 24.3 Å². The van der Waals surface area contributed by atoms with Gasteiger partial charge in [-0.2, -0.15) is 0 Å². The Morgan fingerprint density at radius 1 is 1.14 bits per heavy atom. The van der Waals surface area contributed by atoms with Gasteiger partial charge in [0.15, 0.2) is 4.80 Å². The maximum atomic E-state index is 13.8. The van der Waals surface area contributed by atoms with E-state index in [1.54, 1.807) is 57.4 Å². The van der Waals surface area contributed by atoms with Gasteiger partial charge in [0.25, 0.3) is 11.2 Å². The molecule has 12 heteroatoms. The van der Waals surface area contributed by atoms with E-state index < -0.39 is 16.9 Å². The lowest BCUT2D eigenvalue weighted by Gasteiger charge is -2.25. The summed E-state index contributed by atoms with van der Waals surface area (Å²) >= 11 is 4.76. The van der Waals surface area contributed by atoms with Crippen LogP contribution in [-0.2, 0) is 16.1 Å². The van der Waals surface area contributed by atoms with Gasteiger partial charge in [-0.1, -0.05) is 29.5 Å². The summed E-state index contributed by atoms with van der Waals surface area (Å²) in [5.74, 6) is 0.700. The number of carbonyl (C=O) groups is 1. The molecule has 0 fully saturated rings. The molecular weight excluding hydrogens is 638 g/mol. The topological polar surface area (TPSA) is 122 Å². The third-order valence-corrected chi connectivity index (χ3v) is 8.34. The molecule has 0 amide bonds. The van der Waals surface area contributed by atoms with Crippen molar-refractivity contribution in [2.45, 2.75) is 26.5 Å². The molecule has 0 bridgehead atoms. The number of carbonyl (C=O) groups excluding carboxylic acids is 1. The molecule has 0 N–H and O–H groups in total. The molecule has 1 atom stereocenters. The molecule has 0 spiro atoms. The van der Waals surface area contributed by atoms with Crippen molar-refractivity contribution in [1.82, 2.24) is 4.57 Å². The molecule has 1 aromatic heterocycles. The molecule has 1 aliphatic rings. The van der Waals surface area contributed by atoms with Gasteiger partial charge in [-0.25, -0.2) is 9.79 Å². The molecule has 10 nitrogen and oxygen atoms in total. The van der Waals surface area contributed by atoms with Crippen LogP contribution < -0.4 is 24.4 Å². The Morgan fingerprint density at radius 3 is 2.49 bits per heavy atom. The van der Waals surface area contributed by atoms with Crippen LogP contribution in [0.1, 0.15) is 36.6 Å². The fraction of sp³-hybridized carbons (Fsp3) is 0.194. The van der Waals surface area contributed by atoms with Gasteiger partial charge in [0, 0.05) is 12.1 Å². The zero-order valence-corrected chi connectivity index (χ0v) is 25.8. The average Bonchev–Trinajstić information content (AvgIpc) is 3.30. The monoisotopic (exact) mass is 663 g/mol. The highest BCUT2D eigenvalue weighted by molar-refractivity contribution is 9.10. The summed E-state index contributed by atoms with van der Waals surface area (Å²) in [6.45, 7) is 3.91. The highest BCUT2D eigenvalue weighted by Crippen LogP contribution is 2.35. The first-order valence-electron chi connectivity index (χ1n) is 13.2. The van der Waals surface area contributed by atoms with E-state index in [0.717, 1.165) is 11.1 Å². The molecule has 5 rings (SSSR count). The maximum Gasteiger partial charge on any atom is 0.338 e. The first-order valence-corrected chi connectivity index (χ1v) is 14.8. The van der Waals surface area contributed by atoms with Gasteiger partial charge in [-0.3, -0.25) is 19.5 Å². The van der Waals surface area contributed by atoms with Crippen molar-refractivity contribution in [3.05, 3.63) is 129 Å². The van der Waals surface area contributed by atoms with Crippen molar-refractivity contribution in [3.63, 3.8) is 0 Å². The Bertz CT molecular complexity index is 1910. The van der Waals surface area contributed by atoms with E-state index in [0.29, 0.717) is 42.1 Å². The molecule has 43 heavy (non-hydrogen) atoms. The van der Waals surface area contributed by atoms with Gasteiger partial charge in [-0.05, 0) is 88.9 Å². The highest BCUT2D eigenvalue weighted by Gasteiger charge is 2.33. The molecule has 0 saturated heterocycles. The van der Waals surface area contributed by atoms with Crippen LogP contribution in [0.3, 0.4) is 0 Å². The summed E-state index contributed by atoms with van der Waals surface area (Å²) in [5, 5.41) is 10.8. The second-order valence-corrected chi connectivity index (χ2v) is 11.3. The first kappa shape index (κ1) is 29.9. The number of methoxy groups -OCH3 is 1. The Labute approximate surface area is 258 Å². The molecule has 2 heterocycles. The van der Waals surface area contributed by atoms with Crippen LogP contribution in [0, 0.1) is 10.1 Å². The predicted molar refractivity (Wildman–Crippen MR) is 165 cm³/mol. The summed E-state index contributed by atoms with van der Waals surface area (Å²) in [6.07, 6.45) is 1.77. The summed E-state index contributed by atoms with van der Waals surface area (Å²) in [4.78, 5) is 42.4. The van der Waals surface area contributed by atoms with Gasteiger partial charge in [0.2, 0.25) is 0 Å². The number of nitro groups is 1. The number of fused-ring (bicyclic) bond motifs is 1. The lowest BCUT2D eigenvalue weighted by atomic mass is 9.96. The third-order valence-electron chi connectivity index (χ3n) is 6.74. The third kappa shape index (κ3) is 6.30. The van der Waals surface area contributed by atoms with Crippen molar-refractivity contribution in [1.29, 1.82) is 0 Å². The fourth-order valence-corrected chi connectivity index (χ4v) is 6.26. The van der Waals surface area contributed by atoms with Crippen molar-refractivity contribution < 1.29 is 23.9 Å². The Balaban J connectivity index is 1.47. The lowest BCUT2D eigenvalue weighted by Crippen LogP contribution is -2.39. The van der Waals surface area contributed by atoms with Gasteiger partial charge in [0.1, 0.15) is 18.1 Å². The number of nitrogens with zero attached hydrogens (tertiary/aromatic N) is 3. The van der Waals surface area contributed by atoms with E-state index in [9.17, 15) is 19.7 Å². The molecule has 0 radical (unpaired) electrons. The smallest absolute Gasteiger partial charge is 0.338 e. The van der Waals surface area contributed by atoms with Crippen molar-refractivity contribution >= 4 is 45.0 Å². The number of esters is 1. The largest absolute Gasteiger partial charge is 0.496 e. The van der Waals surface area contributed by atoms with E-state index in [-0.39, 0.29) is 24.5 Å². The number of benzene rings is 3. The van der Waals surface area contributed by atoms with E-state index >= 15 is 0 Å². The normalized spacial score (nSPS) is 14.6. The van der Waals surface area contributed by atoms with Gasteiger partial charge in [0.05, 0.1) is 45.0 Å². The SMILES string of the molecule is CCOC(=O)C1=C(C)N=c2s/c(=C\c3ccc(OCc4ccc([N+](=O)[O-])cc4)cc3)c(=O)n2C1c1ccc(OC)c(Br)c1. The van der Waals surface area contributed by atoms with Crippen molar-refractivity contribution in [3.8, 4) is 11.5 Å². The molecule has 4 aromatic rings. The van der Waals surface area contributed by atoms with E-state index in [4.69, 9.17) is 14.2 Å². The zero-order valence-electron chi connectivity index (χ0n) is 23.4. The first-order chi connectivity index (χ1) is 20.7. The summed E-state index contributed by atoms with van der Waals surface area (Å²) < 4.78 is 19.2. The molecule has 0 aliphatic carbocycles. The second kappa shape index (κ2) is 12.8. The van der Waals surface area contributed by atoms with Crippen LogP contribution in [0.2, 0.25) is 0 Å². The van der Waals surface area contributed by atoms with Crippen LogP contribution in [0.5, 0.6) is 11.5 Å². The van der Waals surface area contributed by atoms with Crippen molar-refractivity contribution in [2.75, 3.05) is 13.7 Å². The number of ether oxygens (including phenoxy) is 3. The standard InChI is InChI=1S/C31H26BrN3O7S/c1-4-41-30(37)27-18(2)33-31-34(28(27)21-9-14-25(40-3)24(32)16-21)29(36)26(43-31)15-19-7-12-23(13-8-19)42-17-20-5-10-22(11-6-20)35(38)39/h5-16,28H,4,17H2,1-3H3/b26-15-. The summed E-state index contributed by atoms with van der Waals surface area (Å²) in [7, 11) is 1.56. The molecule has 220 valence electrons. The minimum Gasteiger partial charge on any atom is -0.496 e. The minimum absolute atomic E-state index is 0.0221. The molecular formula is C31H26BrN3O7S. The number of thiazole rings is 1. The summed E-state index contributed by atoms with van der Waals surface area (Å²) in [6, 6.07) is 18.1. The number of nitro benzene ring substituents is 1. The van der Waals surface area contributed by atoms with E-state index in [1.165, 1.54) is 28.0 Å². The number of non-ortho nitro benzene ring substituents is 1. The van der Waals surface area contributed by atoms with Crippen LogP contribution >= 0.6 is 27.3 Å². The maximum absolute atomic E-state index is 13.8. The van der Waals surface area contributed by atoms with Gasteiger partial charge >= 0.3 is 5.97 Å². The Hall–Kier alpha value is -4.55. The van der Waals surface area contributed by atoms with Crippen molar-refractivity contribution in [2.24, 2.45) is 4.99 Å². The number of halogens is 1.